The van der Waals surface area contributed by atoms with Gasteiger partial charge in [0.2, 0.25) is 5.91 Å². The summed E-state index contributed by atoms with van der Waals surface area (Å²) in [6.07, 6.45) is 3.55. The number of carboxylic acids is 1. The number of hydrogen-bond donors (Lipinski definition) is 2. The summed E-state index contributed by atoms with van der Waals surface area (Å²) in [5.74, 6) is -0.809. The van der Waals surface area contributed by atoms with Crippen LogP contribution < -0.4 is 5.32 Å². The number of carbonyl (C=O) groups is 3. The van der Waals surface area contributed by atoms with Crippen molar-refractivity contribution in [1.82, 2.24) is 10.2 Å². The topological polar surface area (TPSA) is 95.9 Å². The van der Waals surface area contributed by atoms with E-state index in [4.69, 9.17) is 4.74 Å². The second kappa shape index (κ2) is 10.7. The van der Waals surface area contributed by atoms with Gasteiger partial charge in [-0.3, -0.25) is 4.79 Å². The van der Waals surface area contributed by atoms with E-state index in [0.29, 0.717) is 25.1 Å². The van der Waals surface area contributed by atoms with E-state index < -0.39 is 23.6 Å². The van der Waals surface area contributed by atoms with Gasteiger partial charge >= 0.3 is 12.1 Å². The number of hydrogen-bond acceptors (Lipinski definition) is 5. The highest BCUT2D eigenvalue weighted by atomic mass is 32.2. The van der Waals surface area contributed by atoms with Gasteiger partial charge in [-0.05, 0) is 66.9 Å². The molecule has 1 unspecified atom stereocenters. The van der Waals surface area contributed by atoms with Crippen LogP contribution in [-0.4, -0.2) is 64.7 Å². The number of amides is 2. The molecule has 1 aliphatic heterocycles. The monoisotopic (exact) mass is 496 g/mol. The molecule has 2 amide bonds. The molecular formula is C27H32N2O5S. The summed E-state index contributed by atoms with van der Waals surface area (Å²) < 4.78 is 5.64. The lowest BCUT2D eigenvalue weighted by molar-refractivity contribution is -0.161. The Bertz CT molecular complexity index is 1060. The van der Waals surface area contributed by atoms with Crippen molar-refractivity contribution >= 4 is 29.7 Å². The average Bonchev–Trinajstić information content (AvgIpc) is 3.18. The van der Waals surface area contributed by atoms with E-state index in [9.17, 15) is 19.5 Å². The van der Waals surface area contributed by atoms with E-state index in [-0.39, 0.29) is 18.4 Å². The number of rotatable bonds is 8. The number of benzene rings is 2. The molecule has 2 N–H and O–H groups in total. The Balaban J connectivity index is 1.46. The molecule has 1 aliphatic carbocycles. The summed E-state index contributed by atoms with van der Waals surface area (Å²) in [5, 5.41) is 12.6. The minimum Gasteiger partial charge on any atom is -0.480 e. The van der Waals surface area contributed by atoms with Crippen LogP contribution in [0.4, 0.5) is 4.79 Å². The fourth-order valence-electron chi connectivity index (χ4n) is 5.16. The third-order valence-electron chi connectivity index (χ3n) is 7.16. The zero-order valence-electron chi connectivity index (χ0n) is 20.2. The number of likely N-dealkylation sites (tertiary alicyclic amines) is 1. The van der Waals surface area contributed by atoms with E-state index in [1.54, 1.807) is 18.7 Å². The molecule has 4 rings (SSSR count). The van der Waals surface area contributed by atoms with Crippen LogP contribution in [0, 0.1) is 0 Å². The lowest BCUT2D eigenvalue weighted by Gasteiger charge is -2.43. The zero-order valence-corrected chi connectivity index (χ0v) is 21.0. The van der Waals surface area contributed by atoms with Crippen LogP contribution in [0.3, 0.4) is 0 Å². The number of nitrogens with one attached hydrogen (secondary N) is 1. The summed E-state index contributed by atoms with van der Waals surface area (Å²) in [7, 11) is 0. The summed E-state index contributed by atoms with van der Waals surface area (Å²) in [6, 6.07) is 15.4. The number of alkyl carbamates (subject to hydrolysis) is 1. The van der Waals surface area contributed by atoms with Gasteiger partial charge in [0.05, 0.1) is 0 Å². The van der Waals surface area contributed by atoms with Gasteiger partial charge in [0.15, 0.2) is 0 Å². The number of carbonyl (C=O) groups excluding carboxylic acids is 2. The van der Waals surface area contributed by atoms with Crippen LogP contribution in [0.15, 0.2) is 48.5 Å². The van der Waals surface area contributed by atoms with E-state index in [1.807, 2.05) is 30.5 Å². The molecule has 7 nitrogen and oxygen atoms in total. The standard InChI is InChI=1S/C27H32N2O5S/c1-27(25(31)32)14-7-8-15-29(27)24(30)23(13-16-35-2)28-26(33)34-17-22-20-11-5-3-9-18(20)19-10-4-6-12-21(19)22/h3-6,9-12,22-23H,7-8,13-17H2,1-2H3,(H,28,33)(H,31,32)/t23-,27?/m0/s1. The van der Waals surface area contributed by atoms with Crippen molar-refractivity contribution in [3.63, 3.8) is 0 Å². The quantitative estimate of drug-likeness (QED) is 0.559. The number of ether oxygens (including phenoxy) is 1. The number of piperidine rings is 1. The SMILES string of the molecule is CSCC[C@H](NC(=O)OCC1c2ccccc2-c2ccccc21)C(=O)N1CCCCC1(C)C(=O)O. The number of nitrogens with zero attached hydrogens (tertiary/aromatic N) is 1. The first kappa shape index (κ1) is 25.1. The van der Waals surface area contributed by atoms with Crippen LogP contribution in [0.5, 0.6) is 0 Å². The third kappa shape index (κ3) is 5.03. The number of thioether (sulfide) groups is 1. The van der Waals surface area contributed by atoms with E-state index >= 15 is 0 Å². The molecule has 2 aromatic rings. The largest absolute Gasteiger partial charge is 0.480 e. The summed E-state index contributed by atoms with van der Waals surface area (Å²) in [4.78, 5) is 39.7. The highest BCUT2D eigenvalue weighted by molar-refractivity contribution is 7.98. The Morgan fingerprint density at radius 1 is 1.11 bits per heavy atom. The van der Waals surface area contributed by atoms with Gasteiger partial charge in [0.1, 0.15) is 18.2 Å². The van der Waals surface area contributed by atoms with E-state index in [1.165, 1.54) is 4.90 Å². The van der Waals surface area contributed by atoms with Gasteiger partial charge in [0, 0.05) is 12.5 Å². The molecule has 0 saturated carbocycles. The van der Waals surface area contributed by atoms with Crippen molar-refractivity contribution in [3.8, 4) is 11.1 Å². The molecule has 1 heterocycles. The lowest BCUT2D eigenvalue weighted by atomic mass is 9.87. The van der Waals surface area contributed by atoms with E-state index in [2.05, 4.69) is 29.6 Å². The Hall–Kier alpha value is -3.00. The number of carboxylic acid groups (broad SMARTS) is 1. The third-order valence-corrected chi connectivity index (χ3v) is 7.81. The maximum absolute atomic E-state index is 13.4. The van der Waals surface area contributed by atoms with Crippen molar-refractivity contribution in [1.29, 1.82) is 0 Å². The Labute approximate surface area is 210 Å². The predicted octanol–water partition coefficient (Wildman–Crippen LogP) is 4.50. The summed E-state index contributed by atoms with van der Waals surface area (Å²) in [6.45, 7) is 2.11. The van der Waals surface area contributed by atoms with Crippen LogP contribution in [0.1, 0.15) is 49.7 Å². The van der Waals surface area contributed by atoms with Crippen molar-refractivity contribution in [3.05, 3.63) is 59.7 Å². The van der Waals surface area contributed by atoms with Gasteiger partial charge in [-0.1, -0.05) is 48.5 Å². The minimum absolute atomic E-state index is 0.0779. The molecule has 0 aromatic heterocycles. The molecular weight excluding hydrogens is 464 g/mol. The lowest BCUT2D eigenvalue weighted by Crippen LogP contribution is -2.62. The predicted molar refractivity (Wildman–Crippen MR) is 137 cm³/mol. The Kier molecular flexibility index (Phi) is 7.69. The van der Waals surface area contributed by atoms with Gasteiger partial charge in [-0.15, -0.1) is 0 Å². The normalized spacial score (nSPS) is 20.0. The van der Waals surface area contributed by atoms with Gasteiger partial charge in [-0.2, -0.15) is 11.8 Å². The Morgan fingerprint density at radius 2 is 1.74 bits per heavy atom. The molecule has 1 fully saturated rings. The molecule has 8 heteroatoms. The zero-order chi connectivity index (χ0) is 25.0. The second-order valence-electron chi connectivity index (χ2n) is 9.33. The van der Waals surface area contributed by atoms with Crippen LogP contribution in [-0.2, 0) is 14.3 Å². The maximum atomic E-state index is 13.4. The van der Waals surface area contributed by atoms with Crippen LogP contribution in [0.25, 0.3) is 11.1 Å². The van der Waals surface area contributed by atoms with Crippen molar-refractivity contribution in [2.75, 3.05) is 25.2 Å². The molecule has 2 atom stereocenters. The van der Waals surface area contributed by atoms with Crippen LogP contribution in [0.2, 0.25) is 0 Å². The van der Waals surface area contributed by atoms with Crippen molar-refractivity contribution < 1.29 is 24.2 Å². The molecule has 0 radical (unpaired) electrons. The highest BCUT2D eigenvalue weighted by Gasteiger charge is 2.45. The summed E-state index contributed by atoms with van der Waals surface area (Å²) >= 11 is 1.57. The molecule has 186 valence electrons. The maximum Gasteiger partial charge on any atom is 0.407 e. The van der Waals surface area contributed by atoms with Crippen LogP contribution >= 0.6 is 11.8 Å². The fourth-order valence-corrected chi connectivity index (χ4v) is 5.63. The molecule has 0 spiro atoms. The van der Waals surface area contributed by atoms with Gasteiger partial charge in [0.25, 0.3) is 0 Å². The highest BCUT2D eigenvalue weighted by Crippen LogP contribution is 2.44. The molecule has 2 aromatic carbocycles. The average molecular weight is 497 g/mol. The first-order valence-corrected chi connectivity index (χ1v) is 13.4. The van der Waals surface area contributed by atoms with Crippen molar-refractivity contribution in [2.45, 2.75) is 50.1 Å². The van der Waals surface area contributed by atoms with E-state index in [0.717, 1.165) is 35.1 Å². The Morgan fingerprint density at radius 3 is 2.34 bits per heavy atom. The van der Waals surface area contributed by atoms with Gasteiger partial charge < -0.3 is 20.1 Å². The minimum atomic E-state index is -1.27. The fraction of sp³-hybridized carbons (Fsp3) is 0.444. The molecule has 1 saturated heterocycles. The molecule has 0 bridgehead atoms. The second-order valence-corrected chi connectivity index (χ2v) is 10.3. The summed E-state index contributed by atoms with van der Waals surface area (Å²) in [5.41, 5.74) is 3.24. The number of fused-ring (bicyclic) bond motifs is 3. The molecule has 35 heavy (non-hydrogen) atoms. The first-order chi connectivity index (χ1) is 16.9. The van der Waals surface area contributed by atoms with Crippen molar-refractivity contribution in [2.24, 2.45) is 0 Å². The molecule has 2 aliphatic rings. The number of aliphatic carboxylic acids is 1. The van der Waals surface area contributed by atoms with Gasteiger partial charge in [-0.25, -0.2) is 9.59 Å². The first-order valence-electron chi connectivity index (χ1n) is 12.0. The smallest absolute Gasteiger partial charge is 0.407 e.